The lowest BCUT2D eigenvalue weighted by Gasteiger charge is -2.13. The molecule has 0 heterocycles. The zero-order valence-electron chi connectivity index (χ0n) is 12.9. The Hall–Kier alpha value is -0.780. The first-order valence-electron chi connectivity index (χ1n) is 8.48. The topological polar surface area (TPSA) is 0 Å². The molecule has 0 unspecified atom stereocenters. The molecule has 0 spiro atoms. The zero-order chi connectivity index (χ0) is 13.5. The standard InChI is InChI=1S/C19H30/c1-3-5-7-8-11-17-15-19-13-9-12-18(19)14-16(17)10-6-4-2/h14-15H,3-13H2,1-2H3. The number of benzene rings is 1. The van der Waals surface area contributed by atoms with Gasteiger partial charge in [0.2, 0.25) is 0 Å². The Labute approximate surface area is 119 Å². The summed E-state index contributed by atoms with van der Waals surface area (Å²) >= 11 is 0. The van der Waals surface area contributed by atoms with E-state index >= 15 is 0 Å². The van der Waals surface area contributed by atoms with Crippen LogP contribution in [0.4, 0.5) is 0 Å². The molecule has 0 saturated heterocycles. The van der Waals surface area contributed by atoms with Gasteiger partial charge in [0.1, 0.15) is 0 Å². The molecule has 1 aliphatic rings. The van der Waals surface area contributed by atoms with Crippen LogP contribution in [-0.2, 0) is 25.7 Å². The molecule has 1 aliphatic carbocycles. The van der Waals surface area contributed by atoms with Crippen molar-refractivity contribution in [3.63, 3.8) is 0 Å². The molecule has 0 fully saturated rings. The first-order valence-corrected chi connectivity index (χ1v) is 8.48. The van der Waals surface area contributed by atoms with Crippen molar-refractivity contribution in [2.75, 3.05) is 0 Å². The van der Waals surface area contributed by atoms with Crippen molar-refractivity contribution in [3.05, 3.63) is 34.4 Å². The predicted octanol–water partition coefficient (Wildman–Crippen LogP) is 5.64. The van der Waals surface area contributed by atoms with Gasteiger partial charge in [0.05, 0.1) is 0 Å². The molecule has 0 heteroatoms. The van der Waals surface area contributed by atoms with Gasteiger partial charge in [0.15, 0.2) is 0 Å². The van der Waals surface area contributed by atoms with Gasteiger partial charge in [-0.2, -0.15) is 0 Å². The van der Waals surface area contributed by atoms with Gasteiger partial charge in [-0.15, -0.1) is 0 Å². The Morgan fingerprint density at radius 1 is 0.737 bits per heavy atom. The Kier molecular flexibility index (Phi) is 5.94. The number of aryl methyl sites for hydroxylation is 4. The van der Waals surface area contributed by atoms with Crippen LogP contribution in [0, 0.1) is 0 Å². The van der Waals surface area contributed by atoms with E-state index in [1.54, 1.807) is 22.3 Å². The van der Waals surface area contributed by atoms with Gasteiger partial charge in [-0.25, -0.2) is 0 Å². The van der Waals surface area contributed by atoms with Crippen LogP contribution in [0.25, 0.3) is 0 Å². The Morgan fingerprint density at radius 3 is 1.89 bits per heavy atom. The second-order valence-corrected chi connectivity index (χ2v) is 6.16. The summed E-state index contributed by atoms with van der Waals surface area (Å²) in [7, 11) is 0. The van der Waals surface area contributed by atoms with Gasteiger partial charge in [-0.3, -0.25) is 0 Å². The maximum atomic E-state index is 2.55. The number of unbranched alkanes of at least 4 members (excludes halogenated alkanes) is 4. The highest BCUT2D eigenvalue weighted by atomic mass is 14.2. The van der Waals surface area contributed by atoms with E-state index < -0.39 is 0 Å². The van der Waals surface area contributed by atoms with Crippen molar-refractivity contribution in [1.29, 1.82) is 0 Å². The summed E-state index contributed by atoms with van der Waals surface area (Å²) < 4.78 is 0. The van der Waals surface area contributed by atoms with E-state index in [1.807, 2.05) is 0 Å². The van der Waals surface area contributed by atoms with Crippen LogP contribution in [0.1, 0.15) is 81.0 Å². The van der Waals surface area contributed by atoms with Crippen molar-refractivity contribution in [2.45, 2.75) is 84.5 Å². The minimum absolute atomic E-state index is 1.30. The second-order valence-electron chi connectivity index (χ2n) is 6.16. The Balaban J connectivity index is 2.05. The molecule has 0 aliphatic heterocycles. The van der Waals surface area contributed by atoms with Crippen LogP contribution in [0.3, 0.4) is 0 Å². The minimum Gasteiger partial charge on any atom is -0.0654 e. The fourth-order valence-electron chi connectivity index (χ4n) is 3.30. The van der Waals surface area contributed by atoms with Crippen LogP contribution < -0.4 is 0 Å². The van der Waals surface area contributed by atoms with E-state index in [0.717, 1.165) is 0 Å². The first kappa shape index (κ1) is 14.6. The van der Waals surface area contributed by atoms with Crippen LogP contribution in [0.2, 0.25) is 0 Å². The molecule has 1 aromatic rings. The molecule has 0 atom stereocenters. The molecule has 0 saturated carbocycles. The molecule has 1 aromatic carbocycles. The van der Waals surface area contributed by atoms with Crippen molar-refractivity contribution >= 4 is 0 Å². The molecule has 0 radical (unpaired) electrons. The quantitative estimate of drug-likeness (QED) is 0.529. The minimum atomic E-state index is 1.30. The lowest BCUT2D eigenvalue weighted by Crippen LogP contribution is -1.98. The van der Waals surface area contributed by atoms with E-state index in [2.05, 4.69) is 26.0 Å². The third kappa shape index (κ3) is 4.09. The molecule has 0 N–H and O–H groups in total. The highest BCUT2D eigenvalue weighted by molar-refractivity contribution is 5.41. The van der Waals surface area contributed by atoms with Crippen LogP contribution in [0.15, 0.2) is 12.1 Å². The zero-order valence-corrected chi connectivity index (χ0v) is 12.9. The molecular formula is C19H30. The molecule has 0 amide bonds. The summed E-state index contributed by atoms with van der Waals surface area (Å²) in [5.74, 6) is 0. The first-order chi connectivity index (χ1) is 9.35. The van der Waals surface area contributed by atoms with E-state index in [-0.39, 0.29) is 0 Å². The molecule has 0 aromatic heterocycles. The van der Waals surface area contributed by atoms with Crippen molar-refractivity contribution in [1.82, 2.24) is 0 Å². The smallest absolute Gasteiger partial charge is 0.0273 e. The summed E-state index contributed by atoms with van der Waals surface area (Å²) in [5.41, 5.74) is 6.65. The predicted molar refractivity (Wildman–Crippen MR) is 84.9 cm³/mol. The van der Waals surface area contributed by atoms with Crippen LogP contribution >= 0.6 is 0 Å². The second kappa shape index (κ2) is 7.72. The number of rotatable bonds is 8. The van der Waals surface area contributed by atoms with Gasteiger partial charge >= 0.3 is 0 Å². The average Bonchev–Trinajstić information content (AvgIpc) is 2.88. The number of fused-ring (bicyclic) bond motifs is 1. The number of hydrogen-bond donors (Lipinski definition) is 0. The maximum Gasteiger partial charge on any atom is -0.0273 e. The van der Waals surface area contributed by atoms with E-state index in [9.17, 15) is 0 Å². The lowest BCUT2D eigenvalue weighted by atomic mass is 9.93. The lowest BCUT2D eigenvalue weighted by molar-refractivity contribution is 0.662. The maximum absolute atomic E-state index is 2.55. The highest BCUT2D eigenvalue weighted by Crippen LogP contribution is 2.27. The normalized spacial score (nSPS) is 13.8. The summed E-state index contributed by atoms with van der Waals surface area (Å²) in [6.07, 6.45) is 14.8. The number of hydrogen-bond acceptors (Lipinski definition) is 0. The molecule has 0 bridgehead atoms. The molecular weight excluding hydrogens is 228 g/mol. The van der Waals surface area contributed by atoms with Crippen molar-refractivity contribution < 1.29 is 0 Å². The van der Waals surface area contributed by atoms with E-state index in [1.165, 1.54) is 70.6 Å². The Bertz CT molecular complexity index is 389. The summed E-state index contributed by atoms with van der Waals surface area (Å²) in [4.78, 5) is 0. The van der Waals surface area contributed by atoms with Gasteiger partial charge in [0, 0.05) is 0 Å². The molecule has 2 rings (SSSR count). The van der Waals surface area contributed by atoms with E-state index in [4.69, 9.17) is 0 Å². The van der Waals surface area contributed by atoms with Gasteiger partial charge < -0.3 is 0 Å². The summed E-state index contributed by atoms with van der Waals surface area (Å²) in [6, 6.07) is 5.10. The fourth-order valence-corrected chi connectivity index (χ4v) is 3.30. The highest BCUT2D eigenvalue weighted by Gasteiger charge is 2.14. The van der Waals surface area contributed by atoms with Crippen LogP contribution in [0.5, 0.6) is 0 Å². The van der Waals surface area contributed by atoms with Gasteiger partial charge in [0.25, 0.3) is 0 Å². The van der Waals surface area contributed by atoms with Gasteiger partial charge in [-0.1, -0.05) is 51.7 Å². The molecule has 0 nitrogen and oxygen atoms in total. The Morgan fingerprint density at radius 2 is 1.32 bits per heavy atom. The third-order valence-electron chi connectivity index (χ3n) is 4.51. The third-order valence-corrected chi connectivity index (χ3v) is 4.51. The fraction of sp³-hybridized carbons (Fsp3) is 0.684. The van der Waals surface area contributed by atoms with Crippen molar-refractivity contribution in [3.8, 4) is 0 Å². The summed E-state index contributed by atoms with van der Waals surface area (Å²) in [6.45, 7) is 4.59. The largest absolute Gasteiger partial charge is 0.0654 e. The monoisotopic (exact) mass is 258 g/mol. The van der Waals surface area contributed by atoms with E-state index in [0.29, 0.717) is 0 Å². The van der Waals surface area contributed by atoms with Gasteiger partial charge in [-0.05, 0) is 67.2 Å². The average molecular weight is 258 g/mol. The molecule has 19 heavy (non-hydrogen) atoms. The molecule has 106 valence electrons. The summed E-state index contributed by atoms with van der Waals surface area (Å²) in [5, 5.41) is 0. The SMILES string of the molecule is CCCCCCc1cc2c(cc1CCCC)CCC2. The van der Waals surface area contributed by atoms with Crippen molar-refractivity contribution in [2.24, 2.45) is 0 Å². The van der Waals surface area contributed by atoms with Crippen LogP contribution in [-0.4, -0.2) is 0 Å².